The summed E-state index contributed by atoms with van der Waals surface area (Å²) >= 11 is 1.73. The Hall–Kier alpha value is -0.450. The first kappa shape index (κ1) is 12.6. The Morgan fingerprint density at radius 1 is 1.53 bits per heavy atom. The van der Waals surface area contributed by atoms with Gasteiger partial charge in [-0.3, -0.25) is 0 Å². The van der Waals surface area contributed by atoms with Crippen LogP contribution in [-0.2, 0) is 4.74 Å². The second-order valence-corrected chi connectivity index (χ2v) is 4.41. The summed E-state index contributed by atoms with van der Waals surface area (Å²) in [4.78, 5) is 4.33. The van der Waals surface area contributed by atoms with Crippen LogP contribution in [0.5, 0.6) is 0 Å². The molecule has 3 nitrogen and oxygen atoms in total. The quantitative estimate of drug-likeness (QED) is 0.694. The molecule has 1 aromatic heterocycles. The topological polar surface area (TPSA) is 34.1 Å². The van der Waals surface area contributed by atoms with Crippen molar-refractivity contribution in [2.45, 2.75) is 32.2 Å². The van der Waals surface area contributed by atoms with E-state index in [0.717, 1.165) is 32.4 Å². The fourth-order valence-corrected chi connectivity index (χ4v) is 2.26. The smallest absolute Gasteiger partial charge is 0.109 e. The molecule has 0 aliphatic heterocycles. The molecule has 0 aliphatic carbocycles. The van der Waals surface area contributed by atoms with Crippen LogP contribution in [0.25, 0.3) is 0 Å². The van der Waals surface area contributed by atoms with Crippen LogP contribution in [0.3, 0.4) is 0 Å². The minimum absolute atomic E-state index is 0.424. The molecule has 0 amide bonds. The van der Waals surface area contributed by atoms with E-state index in [0.29, 0.717) is 6.04 Å². The van der Waals surface area contributed by atoms with Crippen LogP contribution >= 0.6 is 11.3 Å². The van der Waals surface area contributed by atoms with Gasteiger partial charge in [0.15, 0.2) is 0 Å². The molecular weight excluding hydrogens is 208 g/mol. The highest BCUT2D eigenvalue weighted by Gasteiger charge is 2.09. The van der Waals surface area contributed by atoms with Gasteiger partial charge in [0.1, 0.15) is 5.01 Å². The normalized spacial score (nSPS) is 12.9. The van der Waals surface area contributed by atoms with Gasteiger partial charge in [-0.15, -0.1) is 11.3 Å². The predicted molar refractivity (Wildman–Crippen MR) is 64.3 cm³/mol. The first-order valence-corrected chi connectivity index (χ1v) is 6.38. The molecular formula is C11H20N2OS. The summed E-state index contributed by atoms with van der Waals surface area (Å²) < 4.78 is 5.01. The predicted octanol–water partition coefficient (Wildman–Crippen LogP) is 2.61. The van der Waals surface area contributed by atoms with Crippen LogP contribution in [0.15, 0.2) is 11.6 Å². The van der Waals surface area contributed by atoms with Gasteiger partial charge in [-0.1, -0.05) is 6.92 Å². The van der Waals surface area contributed by atoms with Crippen molar-refractivity contribution in [1.29, 1.82) is 0 Å². The monoisotopic (exact) mass is 228 g/mol. The Kier molecular flexibility index (Phi) is 6.55. The molecule has 0 aromatic carbocycles. The lowest BCUT2D eigenvalue weighted by Gasteiger charge is -2.13. The SMILES string of the molecule is CCC(NCCCCOC)c1nccs1. The van der Waals surface area contributed by atoms with Crippen molar-refractivity contribution in [1.82, 2.24) is 10.3 Å². The third kappa shape index (κ3) is 4.73. The highest BCUT2D eigenvalue weighted by Crippen LogP contribution is 2.18. The lowest BCUT2D eigenvalue weighted by molar-refractivity contribution is 0.192. The maximum absolute atomic E-state index is 5.01. The van der Waals surface area contributed by atoms with Gasteiger partial charge >= 0.3 is 0 Å². The summed E-state index contributed by atoms with van der Waals surface area (Å²) in [5.74, 6) is 0. The van der Waals surface area contributed by atoms with Crippen molar-refractivity contribution in [2.24, 2.45) is 0 Å². The van der Waals surface area contributed by atoms with Gasteiger partial charge in [0, 0.05) is 25.3 Å². The molecule has 1 atom stereocenters. The number of unbranched alkanes of at least 4 members (excludes halogenated alkanes) is 1. The Morgan fingerprint density at radius 3 is 3.00 bits per heavy atom. The molecule has 0 spiro atoms. The van der Waals surface area contributed by atoms with Crippen LogP contribution in [0.4, 0.5) is 0 Å². The van der Waals surface area contributed by atoms with Gasteiger partial charge in [0.2, 0.25) is 0 Å². The molecule has 1 aromatic rings. The van der Waals surface area contributed by atoms with E-state index in [1.807, 2.05) is 11.6 Å². The van der Waals surface area contributed by atoms with Gasteiger partial charge in [-0.25, -0.2) is 4.98 Å². The second kappa shape index (κ2) is 7.79. The van der Waals surface area contributed by atoms with Crippen molar-refractivity contribution < 1.29 is 4.74 Å². The van der Waals surface area contributed by atoms with Crippen molar-refractivity contribution in [3.8, 4) is 0 Å². The van der Waals surface area contributed by atoms with E-state index >= 15 is 0 Å². The Bertz CT molecular complexity index is 239. The third-order valence-corrected chi connectivity index (χ3v) is 3.21. The van der Waals surface area contributed by atoms with Gasteiger partial charge in [0.05, 0.1) is 6.04 Å². The minimum atomic E-state index is 0.424. The second-order valence-electron chi connectivity index (χ2n) is 3.49. The zero-order valence-corrected chi connectivity index (χ0v) is 10.3. The fraction of sp³-hybridized carbons (Fsp3) is 0.727. The number of methoxy groups -OCH3 is 1. The number of thiazole rings is 1. The van der Waals surface area contributed by atoms with E-state index in [1.165, 1.54) is 5.01 Å². The Balaban J connectivity index is 2.18. The average molecular weight is 228 g/mol. The van der Waals surface area contributed by atoms with E-state index in [2.05, 4.69) is 17.2 Å². The number of ether oxygens (including phenoxy) is 1. The molecule has 0 aliphatic rings. The summed E-state index contributed by atoms with van der Waals surface area (Å²) in [6, 6.07) is 0.424. The van der Waals surface area contributed by atoms with Crippen molar-refractivity contribution >= 4 is 11.3 Å². The molecule has 1 rings (SSSR count). The Labute approximate surface area is 95.9 Å². The van der Waals surface area contributed by atoms with Crippen molar-refractivity contribution in [3.05, 3.63) is 16.6 Å². The maximum Gasteiger partial charge on any atom is 0.109 e. The maximum atomic E-state index is 5.01. The molecule has 0 fully saturated rings. The highest BCUT2D eigenvalue weighted by molar-refractivity contribution is 7.09. The van der Waals surface area contributed by atoms with Gasteiger partial charge < -0.3 is 10.1 Å². The van der Waals surface area contributed by atoms with E-state index in [-0.39, 0.29) is 0 Å². The minimum Gasteiger partial charge on any atom is -0.385 e. The first-order chi connectivity index (χ1) is 7.38. The van der Waals surface area contributed by atoms with E-state index in [9.17, 15) is 0 Å². The van der Waals surface area contributed by atoms with E-state index in [4.69, 9.17) is 4.74 Å². The number of hydrogen-bond acceptors (Lipinski definition) is 4. The lowest BCUT2D eigenvalue weighted by Crippen LogP contribution is -2.21. The van der Waals surface area contributed by atoms with Crippen molar-refractivity contribution in [3.63, 3.8) is 0 Å². The molecule has 1 unspecified atom stereocenters. The number of aromatic nitrogens is 1. The summed E-state index contributed by atoms with van der Waals surface area (Å²) in [5, 5.41) is 6.75. The number of rotatable bonds is 8. The zero-order valence-electron chi connectivity index (χ0n) is 9.53. The summed E-state index contributed by atoms with van der Waals surface area (Å²) in [5.41, 5.74) is 0. The van der Waals surface area contributed by atoms with E-state index < -0.39 is 0 Å². The summed E-state index contributed by atoms with van der Waals surface area (Å²) in [6.45, 7) is 4.09. The molecule has 0 saturated heterocycles. The molecule has 15 heavy (non-hydrogen) atoms. The van der Waals surface area contributed by atoms with Gasteiger partial charge in [-0.05, 0) is 25.8 Å². The molecule has 0 radical (unpaired) electrons. The standard InChI is InChI=1S/C11H20N2OS/c1-3-10(11-13-7-9-15-11)12-6-4-5-8-14-2/h7,9-10,12H,3-6,8H2,1-2H3. The van der Waals surface area contributed by atoms with Crippen molar-refractivity contribution in [2.75, 3.05) is 20.3 Å². The molecule has 1 heterocycles. The van der Waals surface area contributed by atoms with Gasteiger partial charge in [-0.2, -0.15) is 0 Å². The van der Waals surface area contributed by atoms with Crippen LogP contribution in [0.1, 0.15) is 37.2 Å². The number of hydrogen-bond donors (Lipinski definition) is 1. The summed E-state index contributed by atoms with van der Waals surface area (Å²) in [6.07, 6.45) is 5.25. The summed E-state index contributed by atoms with van der Waals surface area (Å²) in [7, 11) is 1.75. The number of nitrogens with zero attached hydrogens (tertiary/aromatic N) is 1. The largest absolute Gasteiger partial charge is 0.385 e. The average Bonchev–Trinajstić information content (AvgIpc) is 2.77. The fourth-order valence-electron chi connectivity index (χ4n) is 1.46. The molecule has 86 valence electrons. The van der Waals surface area contributed by atoms with Crippen LogP contribution in [0.2, 0.25) is 0 Å². The molecule has 1 N–H and O–H groups in total. The van der Waals surface area contributed by atoms with E-state index in [1.54, 1.807) is 18.4 Å². The highest BCUT2D eigenvalue weighted by atomic mass is 32.1. The molecule has 0 saturated carbocycles. The van der Waals surface area contributed by atoms with Crippen LogP contribution in [-0.4, -0.2) is 25.2 Å². The zero-order chi connectivity index (χ0) is 10.9. The Morgan fingerprint density at radius 2 is 2.40 bits per heavy atom. The van der Waals surface area contributed by atoms with Gasteiger partial charge in [0.25, 0.3) is 0 Å². The van der Waals surface area contributed by atoms with Crippen LogP contribution in [0, 0.1) is 0 Å². The number of nitrogens with one attached hydrogen (secondary N) is 1. The third-order valence-electron chi connectivity index (χ3n) is 2.32. The lowest BCUT2D eigenvalue weighted by atomic mass is 10.2. The first-order valence-electron chi connectivity index (χ1n) is 5.50. The van der Waals surface area contributed by atoms with Crippen LogP contribution < -0.4 is 5.32 Å². The molecule has 0 bridgehead atoms. The molecule has 4 heteroatoms.